The Kier molecular flexibility index (Phi) is 17.0. The lowest BCUT2D eigenvalue weighted by atomic mass is 9.78. The van der Waals surface area contributed by atoms with E-state index in [9.17, 15) is 51.2 Å². The van der Waals surface area contributed by atoms with Crippen molar-refractivity contribution in [2.45, 2.75) is 41.7 Å². The molecule has 0 saturated heterocycles. The Labute approximate surface area is 553 Å². The van der Waals surface area contributed by atoms with Crippen LogP contribution in [-0.2, 0) is 62.2 Å². The van der Waals surface area contributed by atoms with Gasteiger partial charge in [0, 0.05) is 22.3 Å². The maximum atomic E-state index is 13.4. The molecule has 4 N–H and O–H groups in total. The molecule has 0 aliphatic carbocycles. The van der Waals surface area contributed by atoms with Crippen molar-refractivity contribution in [2.24, 2.45) is 0 Å². The summed E-state index contributed by atoms with van der Waals surface area (Å²) < 4.78 is 166. The van der Waals surface area contributed by atoms with Gasteiger partial charge < -0.3 is 0 Å². The van der Waals surface area contributed by atoms with Crippen molar-refractivity contribution in [3.05, 3.63) is 405 Å². The minimum Gasteiger partial charge on any atom is -0.207 e. The molecule has 0 amide bonds. The second kappa shape index (κ2) is 25.3. The molecular weight excluding hydrogens is 1300 g/mol. The fourth-order valence-electron chi connectivity index (χ4n) is 13.2. The lowest BCUT2D eigenvalue weighted by molar-refractivity contribution is 0.549. The van der Waals surface area contributed by atoms with E-state index >= 15 is 0 Å². The van der Waals surface area contributed by atoms with Gasteiger partial charge in [-0.3, -0.25) is 0 Å². The highest BCUT2D eigenvalue weighted by Gasteiger charge is 2.53. The molecule has 12 nitrogen and oxygen atoms in total. The molecule has 20 heteroatoms. The Hall–Kier alpha value is -10.0. The maximum absolute atomic E-state index is 13.4. The Balaban J connectivity index is 0.000000116. The van der Waals surface area contributed by atoms with Crippen molar-refractivity contribution in [1.29, 1.82) is 0 Å². The van der Waals surface area contributed by atoms with Crippen LogP contribution in [0.5, 0.6) is 0 Å². The first kappa shape index (κ1) is 64.7. The van der Waals surface area contributed by atoms with Gasteiger partial charge in [-0.2, -0.15) is 18.9 Å². The predicted molar refractivity (Wildman–Crippen MR) is 358 cm³/mol. The van der Waals surface area contributed by atoms with Crippen LogP contribution in [0.4, 0.5) is 17.6 Å². The molecule has 4 aliphatic rings. The summed E-state index contributed by atoms with van der Waals surface area (Å²) in [6.45, 7) is 0. The largest absolute Gasteiger partial charge is 0.242 e. The number of hydrogen-bond acceptors (Lipinski definition) is 8. The van der Waals surface area contributed by atoms with Crippen LogP contribution >= 0.6 is 0 Å². The summed E-state index contributed by atoms with van der Waals surface area (Å²) in [6.07, 6.45) is 0. The third kappa shape index (κ3) is 11.3. The van der Waals surface area contributed by atoms with E-state index in [1.807, 2.05) is 146 Å². The van der Waals surface area contributed by atoms with Crippen molar-refractivity contribution in [3.63, 3.8) is 0 Å². The van der Waals surface area contributed by atoms with Crippen molar-refractivity contribution in [3.8, 4) is 0 Å². The first-order chi connectivity index (χ1) is 46.2. The summed E-state index contributed by atoms with van der Waals surface area (Å²) in [4.78, 5) is 0.993. The average molecular weight is 1360 g/mol. The van der Waals surface area contributed by atoms with E-state index < -0.39 is 62.2 Å². The van der Waals surface area contributed by atoms with E-state index in [-0.39, 0.29) is 42.9 Å². The predicted octanol–water partition coefficient (Wildman–Crippen LogP) is 13.6. The van der Waals surface area contributed by atoms with Gasteiger partial charge in [-0.25, -0.2) is 51.2 Å². The Morgan fingerprint density at radius 1 is 0.188 bits per heavy atom. The van der Waals surface area contributed by atoms with E-state index in [1.165, 1.54) is 48.5 Å². The van der Waals surface area contributed by atoms with E-state index in [2.05, 4.69) is 18.9 Å². The standard InChI is InChI=1S/4C19H14FNO2S/c4*20-16-12-10-15(11-13-16)19(14-6-2-1-3-7-14)17-8-4-5-9-18(17)24(22,23)21-19/h4*1-13,21H/t4*19-/m1111/s1. The fraction of sp³-hybridized carbons (Fsp3) is 0.0526. The molecule has 0 saturated carbocycles. The van der Waals surface area contributed by atoms with E-state index in [4.69, 9.17) is 0 Å². The molecule has 4 atom stereocenters. The van der Waals surface area contributed by atoms with Gasteiger partial charge in [0.15, 0.2) is 0 Å². The molecule has 0 fully saturated rings. The highest BCUT2D eigenvalue weighted by atomic mass is 32.2. The van der Waals surface area contributed by atoms with Gasteiger partial charge in [0.1, 0.15) is 45.4 Å². The summed E-state index contributed by atoms with van der Waals surface area (Å²) in [5.74, 6) is -1.46. The van der Waals surface area contributed by atoms with Gasteiger partial charge >= 0.3 is 0 Å². The number of sulfonamides is 4. The smallest absolute Gasteiger partial charge is 0.207 e. The first-order valence-electron chi connectivity index (χ1n) is 30.0. The molecule has 0 bridgehead atoms. The zero-order chi connectivity index (χ0) is 67.1. The van der Waals surface area contributed by atoms with E-state index in [1.54, 1.807) is 121 Å². The molecule has 12 aromatic rings. The molecule has 4 heterocycles. The number of hydrogen-bond donors (Lipinski definition) is 4. The fourth-order valence-corrected chi connectivity index (χ4v) is 19.7. The minimum atomic E-state index is -3.66. The van der Waals surface area contributed by atoms with Gasteiger partial charge in [0.05, 0.1) is 19.6 Å². The Morgan fingerprint density at radius 3 is 0.510 bits per heavy atom. The summed E-state index contributed by atoms with van der Waals surface area (Å²) in [5, 5.41) is 0. The van der Waals surface area contributed by atoms with Crippen LogP contribution < -0.4 is 18.9 Å². The third-order valence-corrected chi connectivity index (χ3v) is 23.4. The highest BCUT2D eigenvalue weighted by molar-refractivity contribution is 7.90. The van der Waals surface area contributed by atoms with Crippen LogP contribution in [0.15, 0.2) is 335 Å². The molecular formula is C76H56F4N4O8S4. The van der Waals surface area contributed by atoms with Gasteiger partial charge in [-0.1, -0.05) is 243 Å². The van der Waals surface area contributed by atoms with Crippen molar-refractivity contribution in [1.82, 2.24) is 18.9 Å². The van der Waals surface area contributed by atoms with Crippen LogP contribution in [0.3, 0.4) is 0 Å². The van der Waals surface area contributed by atoms with Crippen LogP contribution in [0.2, 0.25) is 0 Å². The van der Waals surface area contributed by atoms with Crippen LogP contribution in [0, 0.1) is 23.3 Å². The molecule has 16 rings (SSSR count). The second-order valence-electron chi connectivity index (χ2n) is 22.9. The second-order valence-corrected chi connectivity index (χ2v) is 29.5. The summed E-state index contributed by atoms with van der Waals surface area (Å²) in [7, 11) is -14.7. The summed E-state index contributed by atoms with van der Waals surface area (Å²) >= 11 is 0. The molecule has 0 unspecified atom stereocenters. The minimum absolute atomic E-state index is 0.248. The van der Waals surface area contributed by atoms with Gasteiger partial charge in [-0.15, -0.1) is 0 Å². The van der Waals surface area contributed by atoms with Crippen molar-refractivity contribution in [2.75, 3.05) is 0 Å². The number of benzene rings is 12. The SMILES string of the molecule is O=S1(=O)N[C@](c2ccccc2)(c2ccc(F)cc2)c2ccccc21.O=S1(=O)N[C@](c2ccccc2)(c2ccc(F)cc2)c2ccccc21.O=S1(=O)N[C@](c2ccccc2)(c2ccc(F)cc2)c2ccccc21.O=S1(=O)N[C@](c2ccccc2)(c2ccc(F)cc2)c2ccccc21. The molecule has 12 aromatic carbocycles. The Morgan fingerprint density at radius 2 is 0.333 bits per heavy atom. The molecule has 4 aliphatic heterocycles. The summed E-state index contributed by atoms with van der Waals surface area (Å²) in [6, 6.07) is 88.5. The van der Waals surface area contributed by atoms with Gasteiger partial charge in [0.2, 0.25) is 40.1 Å². The highest BCUT2D eigenvalue weighted by Crippen LogP contribution is 2.49. The molecule has 480 valence electrons. The van der Waals surface area contributed by atoms with Crippen LogP contribution in [-0.4, -0.2) is 33.7 Å². The molecule has 0 spiro atoms. The molecule has 96 heavy (non-hydrogen) atoms. The van der Waals surface area contributed by atoms with Crippen molar-refractivity contribution < 1.29 is 51.2 Å². The number of fused-ring (bicyclic) bond motifs is 4. The zero-order valence-corrected chi connectivity index (χ0v) is 53.7. The average Bonchev–Trinajstić information content (AvgIpc) is 1.58. The number of halogens is 4. The van der Waals surface area contributed by atoms with Gasteiger partial charge in [0.25, 0.3) is 0 Å². The maximum Gasteiger partial charge on any atom is 0.242 e. The van der Waals surface area contributed by atoms with Crippen LogP contribution in [0.25, 0.3) is 0 Å². The van der Waals surface area contributed by atoms with E-state index in [0.29, 0.717) is 44.5 Å². The van der Waals surface area contributed by atoms with E-state index in [0.717, 1.165) is 22.3 Å². The normalized spacial score (nSPS) is 21.4. The lowest BCUT2D eigenvalue weighted by Gasteiger charge is -2.31. The lowest BCUT2D eigenvalue weighted by Crippen LogP contribution is -2.41. The van der Waals surface area contributed by atoms with Gasteiger partial charge in [-0.05, 0) is 117 Å². The Bertz CT molecular complexity index is 4680. The monoisotopic (exact) mass is 1360 g/mol. The first-order valence-corrected chi connectivity index (χ1v) is 35.9. The zero-order valence-electron chi connectivity index (χ0n) is 50.4. The quantitative estimate of drug-likeness (QED) is 0.108. The number of nitrogens with one attached hydrogen (secondary N) is 4. The molecule has 0 aromatic heterocycles. The number of rotatable bonds is 8. The van der Waals surface area contributed by atoms with Crippen molar-refractivity contribution >= 4 is 40.1 Å². The third-order valence-electron chi connectivity index (χ3n) is 17.4. The van der Waals surface area contributed by atoms with Crippen LogP contribution in [0.1, 0.15) is 66.8 Å². The summed E-state index contributed by atoms with van der Waals surface area (Å²) in [5.41, 5.74) is 4.12. The topological polar surface area (TPSA) is 185 Å². The molecule has 0 radical (unpaired) electrons.